The lowest BCUT2D eigenvalue weighted by atomic mass is 9.93. The number of carbonyl (C=O) groups excluding carboxylic acids is 2. The Morgan fingerprint density at radius 2 is 1.86 bits per heavy atom. The molecule has 0 saturated carbocycles. The predicted molar refractivity (Wildman–Crippen MR) is 84.2 cm³/mol. The van der Waals surface area contributed by atoms with Crippen LogP contribution >= 0.6 is 15.9 Å². The molecule has 0 fully saturated rings. The molecular formula is C13H24BrN3O5. The number of nitrogens with one attached hydrogen (secondary N) is 1. The van der Waals surface area contributed by atoms with Gasteiger partial charge in [-0.1, -0.05) is 15.9 Å². The van der Waals surface area contributed by atoms with Crippen molar-refractivity contribution in [1.82, 2.24) is 5.32 Å². The number of halogens is 1. The Morgan fingerprint density at radius 1 is 1.32 bits per heavy atom. The zero-order chi connectivity index (χ0) is 17.6. The van der Waals surface area contributed by atoms with Gasteiger partial charge in [0.05, 0.1) is 11.5 Å². The van der Waals surface area contributed by atoms with Gasteiger partial charge in [0, 0.05) is 0 Å². The molecule has 0 bridgehead atoms. The number of carbonyl (C=O) groups is 3. The highest BCUT2D eigenvalue weighted by Crippen LogP contribution is 2.19. The number of carboxylic acid groups (broad SMARTS) is 1. The van der Waals surface area contributed by atoms with Crippen LogP contribution < -0.4 is 16.8 Å². The van der Waals surface area contributed by atoms with Crippen molar-refractivity contribution >= 4 is 33.8 Å². The number of amides is 1. The minimum absolute atomic E-state index is 0.120. The summed E-state index contributed by atoms with van der Waals surface area (Å²) in [5, 5.41) is 11.8. The van der Waals surface area contributed by atoms with Gasteiger partial charge in [-0.05, 0) is 40.0 Å². The number of rotatable bonds is 8. The third-order valence-corrected chi connectivity index (χ3v) is 3.21. The SMILES string of the molecule is CC(C)(C)OC(=O)[C@](N)(CCCC(N)NC(=O)CBr)C(=O)O. The lowest BCUT2D eigenvalue weighted by Crippen LogP contribution is -2.57. The number of carboxylic acids is 1. The molecule has 1 amide bonds. The molecule has 0 aliphatic carbocycles. The number of hydrogen-bond acceptors (Lipinski definition) is 6. The zero-order valence-corrected chi connectivity index (χ0v) is 14.6. The summed E-state index contributed by atoms with van der Waals surface area (Å²) in [6.45, 7) is 4.87. The molecule has 1 unspecified atom stereocenters. The Balaban J connectivity index is 4.62. The summed E-state index contributed by atoms with van der Waals surface area (Å²) >= 11 is 2.98. The van der Waals surface area contributed by atoms with Gasteiger partial charge in [0.2, 0.25) is 11.4 Å². The average Bonchev–Trinajstić information content (AvgIpc) is 2.35. The number of hydrogen-bond donors (Lipinski definition) is 4. The largest absolute Gasteiger partial charge is 0.479 e. The molecule has 22 heavy (non-hydrogen) atoms. The van der Waals surface area contributed by atoms with Gasteiger partial charge in [-0.25, -0.2) is 9.59 Å². The summed E-state index contributed by atoms with van der Waals surface area (Å²) in [5.74, 6) is -2.73. The van der Waals surface area contributed by atoms with Crippen molar-refractivity contribution in [3.8, 4) is 0 Å². The van der Waals surface area contributed by atoms with Gasteiger partial charge in [0.25, 0.3) is 0 Å². The van der Waals surface area contributed by atoms with Gasteiger partial charge in [-0.3, -0.25) is 4.79 Å². The molecule has 0 radical (unpaired) electrons. The van der Waals surface area contributed by atoms with Crippen LogP contribution in [0.25, 0.3) is 0 Å². The summed E-state index contributed by atoms with van der Waals surface area (Å²) in [5.41, 5.74) is 8.40. The van der Waals surface area contributed by atoms with Crippen molar-refractivity contribution in [3.05, 3.63) is 0 Å². The van der Waals surface area contributed by atoms with Crippen molar-refractivity contribution < 1.29 is 24.2 Å². The van der Waals surface area contributed by atoms with E-state index < -0.39 is 29.2 Å². The fraction of sp³-hybridized carbons (Fsp3) is 0.769. The van der Waals surface area contributed by atoms with E-state index in [4.69, 9.17) is 16.2 Å². The second kappa shape index (κ2) is 8.44. The molecule has 0 aromatic rings. The maximum Gasteiger partial charge on any atom is 0.338 e. The Bertz CT molecular complexity index is 424. The topological polar surface area (TPSA) is 145 Å². The molecule has 0 aliphatic rings. The van der Waals surface area contributed by atoms with E-state index in [2.05, 4.69) is 21.2 Å². The van der Waals surface area contributed by atoms with Crippen molar-refractivity contribution in [2.24, 2.45) is 11.5 Å². The summed E-state index contributed by atoms with van der Waals surface area (Å²) < 4.78 is 5.05. The fourth-order valence-corrected chi connectivity index (χ4v) is 1.75. The van der Waals surface area contributed by atoms with E-state index in [0.29, 0.717) is 0 Å². The summed E-state index contributed by atoms with van der Waals surface area (Å²) in [6.07, 6.45) is -0.254. The average molecular weight is 382 g/mol. The molecule has 0 spiro atoms. The Kier molecular flexibility index (Phi) is 7.99. The Morgan fingerprint density at radius 3 is 2.27 bits per heavy atom. The maximum absolute atomic E-state index is 12.0. The molecule has 128 valence electrons. The third kappa shape index (κ3) is 7.19. The van der Waals surface area contributed by atoms with Crippen LogP contribution in [-0.4, -0.2) is 45.6 Å². The van der Waals surface area contributed by atoms with Crippen LogP contribution in [0, 0.1) is 0 Å². The number of ether oxygens (including phenoxy) is 1. The fourth-order valence-electron chi connectivity index (χ4n) is 1.58. The van der Waals surface area contributed by atoms with Gasteiger partial charge in [-0.15, -0.1) is 0 Å². The lowest BCUT2D eigenvalue weighted by molar-refractivity contribution is -0.169. The second-order valence-corrected chi connectivity index (χ2v) is 6.54. The second-order valence-electron chi connectivity index (χ2n) is 5.98. The molecule has 0 aliphatic heterocycles. The molecule has 0 rings (SSSR count). The number of nitrogens with two attached hydrogens (primary N) is 2. The van der Waals surface area contributed by atoms with Crippen LogP contribution in [0.4, 0.5) is 0 Å². The van der Waals surface area contributed by atoms with Crippen LogP contribution in [0.15, 0.2) is 0 Å². The summed E-state index contributed by atoms with van der Waals surface area (Å²) in [4.78, 5) is 34.4. The van der Waals surface area contributed by atoms with Gasteiger partial charge in [0.15, 0.2) is 0 Å². The van der Waals surface area contributed by atoms with Gasteiger partial charge in [0.1, 0.15) is 5.60 Å². The van der Waals surface area contributed by atoms with Crippen LogP contribution in [0.1, 0.15) is 40.0 Å². The summed E-state index contributed by atoms with van der Waals surface area (Å²) in [7, 11) is 0. The van der Waals surface area contributed by atoms with E-state index in [0.717, 1.165) is 0 Å². The van der Waals surface area contributed by atoms with E-state index in [1.807, 2.05) is 0 Å². The van der Waals surface area contributed by atoms with Gasteiger partial charge in [-0.2, -0.15) is 0 Å². The lowest BCUT2D eigenvalue weighted by Gasteiger charge is -2.28. The number of esters is 1. The van der Waals surface area contributed by atoms with E-state index in [1.165, 1.54) is 0 Å². The molecule has 0 saturated heterocycles. The maximum atomic E-state index is 12.0. The number of alkyl halides is 1. The van der Waals surface area contributed by atoms with Crippen molar-refractivity contribution in [2.45, 2.75) is 57.3 Å². The van der Waals surface area contributed by atoms with Crippen LogP contribution in [-0.2, 0) is 19.1 Å². The molecule has 0 aromatic heterocycles. The van der Waals surface area contributed by atoms with Crippen LogP contribution in [0.2, 0.25) is 0 Å². The van der Waals surface area contributed by atoms with E-state index in [-0.39, 0.29) is 30.5 Å². The molecular weight excluding hydrogens is 358 g/mol. The minimum atomic E-state index is -2.13. The van der Waals surface area contributed by atoms with Crippen LogP contribution in [0.3, 0.4) is 0 Å². The van der Waals surface area contributed by atoms with Gasteiger partial charge < -0.3 is 26.6 Å². The third-order valence-electron chi connectivity index (χ3n) is 2.70. The summed E-state index contributed by atoms with van der Waals surface area (Å²) in [6, 6.07) is 0. The highest BCUT2D eigenvalue weighted by Gasteiger charge is 2.45. The predicted octanol–water partition coefficient (Wildman–Crippen LogP) is 0.0764. The Hall–Kier alpha value is -1.19. The van der Waals surface area contributed by atoms with Crippen LogP contribution in [0.5, 0.6) is 0 Å². The standard InChI is InChI=1S/C13H24BrN3O5/c1-12(2,3)22-11(21)13(16,10(19)20)6-4-5-8(15)17-9(18)7-14/h8H,4-7,15-16H2,1-3H3,(H,17,18)(H,19,20)/t8?,13-/m0/s1. The first-order valence-corrected chi connectivity index (χ1v) is 7.91. The highest BCUT2D eigenvalue weighted by molar-refractivity contribution is 9.09. The molecule has 2 atom stereocenters. The van der Waals surface area contributed by atoms with E-state index in [9.17, 15) is 19.5 Å². The monoisotopic (exact) mass is 381 g/mol. The first-order valence-electron chi connectivity index (χ1n) is 6.79. The van der Waals surface area contributed by atoms with E-state index >= 15 is 0 Å². The molecule has 0 heterocycles. The smallest absolute Gasteiger partial charge is 0.338 e. The zero-order valence-electron chi connectivity index (χ0n) is 13.0. The minimum Gasteiger partial charge on any atom is -0.479 e. The highest BCUT2D eigenvalue weighted by atomic mass is 79.9. The first kappa shape index (κ1) is 20.8. The van der Waals surface area contributed by atoms with Gasteiger partial charge >= 0.3 is 11.9 Å². The molecule has 6 N–H and O–H groups in total. The normalized spacial score (nSPS) is 15.5. The first-order chi connectivity index (χ1) is 9.92. The quantitative estimate of drug-likeness (QED) is 0.201. The van der Waals surface area contributed by atoms with E-state index in [1.54, 1.807) is 20.8 Å². The molecule has 9 heteroatoms. The van der Waals surface area contributed by atoms with Crippen molar-refractivity contribution in [1.29, 1.82) is 0 Å². The Labute approximate surface area is 138 Å². The molecule has 0 aromatic carbocycles. The number of aliphatic carboxylic acids is 1. The molecule has 8 nitrogen and oxygen atoms in total. The van der Waals surface area contributed by atoms with Crippen molar-refractivity contribution in [2.75, 3.05) is 5.33 Å². The van der Waals surface area contributed by atoms with Crippen molar-refractivity contribution in [3.63, 3.8) is 0 Å².